The SMILES string of the molecule is CCC(NCc1cc(F)cc(C#N)c1)c1cccs1. The van der Waals surface area contributed by atoms with E-state index in [0.29, 0.717) is 12.1 Å². The molecule has 19 heavy (non-hydrogen) atoms. The van der Waals surface area contributed by atoms with E-state index >= 15 is 0 Å². The summed E-state index contributed by atoms with van der Waals surface area (Å²) < 4.78 is 13.3. The maximum Gasteiger partial charge on any atom is 0.124 e. The minimum Gasteiger partial charge on any atom is -0.305 e. The quantitative estimate of drug-likeness (QED) is 0.894. The number of halogens is 1. The molecule has 0 aliphatic carbocycles. The summed E-state index contributed by atoms with van der Waals surface area (Å²) in [5.74, 6) is -0.361. The Labute approximate surface area is 116 Å². The van der Waals surface area contributed by atoms with Crippen molar-refractivity contribution in [1.82, 2.24) is 5.32 Å². The highest BCUT2D eigenvalue weighted by atomic mass is 32.1. The number of nitriles is 1. The second kappa shape index (κ2) is 6.46. The number of hydrogen-bond acceptors (Lipinski definition) is 3. The largest absolute Gasteiger partial charge is 0.305 e. The lowest BCUT2D eigenvalue weighted by molar-refractivity contribution is 0.524. The maximum absolute atomic E-state index is 13.3. The van der Waals surface area contributed by atoms with Crippen LogP contribution in [-0.4, -0.2) is 0 Å². The fourth-order valence-electron chi connectivity index (χ4n) is 1.99. The van der Waals surface area contributed by atoms with Gasteiger partial charge in [-0.25, -0.2) is 4.39 Å². The number of rotatable bonds is 5. The molecule has 1 aromatic heterocycles. The van der Waals surface area contributed by atoms with E-state index in [-0.39, 0.29) is 11.9 Å². The van der Waals surface area contributed by atoms with E-state index in [4.69, 9.17) is 5.26 Å². The third-order valence-corrected chi connectivity index (χ3v) is 3.92. The maximum atomic E-state index is 13.3. The third kappa shape index (κ3) is 3.63. The minimum atomic E-state index is -0.361. The van der Waals surface area contributed by atoms with Gasteiger partial charge in [0.05, 0.1) is 11.6 Å². The van der Waals surface area contributed by atoms with Crippen LogP contribution in [0, 0.1) is 17.1 Å². The Balaban J connectivity index is 2.06. The Morgan fingerprint density at radius 2 is 2.26 bits per heavy atom. The molecule has 1 unspecified atom stereocenters. The van der Waals surface area contributed by atoms with Gasteiger partial charge in [-0.15, -0.1) is 11.3 Å². The van der Waals surface area contributed by atoms with Crippen LogP contribution in [0.15, 0.2) is 35.7 Å². The van der Waals surface area contributed by atoms with Gasteiger partial charge in [-0.05, 0) is 41.6 Å². The van der Waals surface area contributed by atoms with Gasteiger partial charge in [0.2, 0.25) is 0 Å². The van der Waals surface area contributed by atoms with Crippen LogP contribution >= 0.6 is 11.3 Å². The molecule has 2 aromatic rings. The Bertz CT molecular complexity index is 572. The molecule has 0 fully saturated rings. The monoisotopic (exact) mass is 274 g/mol. The van der Waals surface area contributed by atoms with E-state index in [2.05, 4.69) is 23.7 Å². The average Bonchev–Trinajstić information content (AvgIpc) is 2.93. The van der Waals surface area contributed by atoms with Gasteiger partial charge < -0.3 is 5.32 Å². The zero-order valence-electron chi connectivity index (χ0n) is 10.7. The van der Waals surface area contributed by atoms with E-state index in [9.17, 15) is 4.39 Å². The molecule has 1 aromatic carbocycles. The van der Waals surface area contributed by atoms with Crippen molar-refractivity contribution in [2.75, 3.05) is 0 Å². The molecule has 1 N–H and O–H groups in total. The standard InChI is InChI=1S/C15H15FN2S/c1-2-14(15-4-3-5-19-15)18-10-12-6-11(9-17)7-13(16)8-12/h3-8,14,18H,2,10H2,1H3. The molecule has 4 heteroatoms. The first kappa shape index (κ1) is 13.7. The van der Waals surface area contributed by atoms with Crippen molar-refractivity contribution in [3.05, 3.63) is 57.5 Å². The van der Waals surface area contributed by atoms with Gasteiger partial charge in [-0.3, -0.25) is 0 Å². The number of benzene rings is 1. The van der Waals surface area contributed by atoms with Crippen molar-refractivity contribution in [3.63, 3.8) is 0 Å². The summed E-state index contributed by atoms with van der Waals surface area (Å²) in [5.41, 5.74) is 1.16. The molecule has 98 valence electrons. The molecular formula is C15H15FN2S. The van der Waals surface area contributed by atoms with Gasteiger partial charge in [0, 0.05) is 17.5 Å². The van der Waals surface area contributed by atoms with Crippen molar-refractivity contribution in [3.8, 4) is 6.07 Å². The van der Waals surface area contributed by atoms with Gasteiger partial charge in [-0.2, -0.15) is 5.26 Å². The van der Waals surface area contributed by atoms with Crippen LogP contribution in [0.25, 0.3) is 0 Å². The average molecular weight is 274 g/mol. The second-order valence-corrected chi connectivity index (χ2v) is 5.30. The Hall–Kier alpha value is -1.70. The number of nitrogens with one attached hydrogen (secondary N) is 1. The molecule has 2 rings (SSSR count). The van der Waals surface area contributed by atoms with Crippen molar-refractivity contribution < 1.29 is 4.39 Å². The molecule has 0 saturated heterocycles. The molecule has 1 atom stereocenters. The van der Waals surface area contributed by atoms with E-state index in [0.717, 1.165) is 12.0 Å². The first-order valence-electron chi connectivity index (χ1n) is 6.19. The third-order valence-electron chi connectivity index (χ3n) is 2.93. The van der Waals surface area contributed by atoms with Gasteiger partial charge >= 0.3 is 0 Å². The van der Waals surface area contributed by atoms with Crippen LogP contribution < -0.4 is 5.32 Å². The summed E-state index contributed by atoms with van der Waals surface area (Å²) in [4.78, 5) is 1.28. The van der Waals surface area contributed by atoms with Crippen LogP contribution in [-0.2, 0) is 6.54 Å². The van der Waals surface area contributed by atoms with E-state index in [1.807, 2.05) is 12.1 Å². The summed E-state index contributed by atoms with van der Waals surface area (Å²) in [7, 11) is 0. The number of thiophene rings is 1. The first-order valence-corrected chi connectivity index (χ1v) is 7.07. The summed E-state index contributed by atoms with van der Waals surface area (Å²) in [6.07, 6.45) is 0.973. The zero-order valence-corrected chi connectivity index (χ0v) is 11.5. The highest BCUT2D eigenvalue weighted by Crippen LogP contribution is 2.22. The van der Waals surface area contributed by atoms with Crippen molar-refractivity contribution in [2.45, 2.75) is 25.9 Å². The lowest BCUT2D eigenvalue weighted by Gasteiger charge is -2.15. The van der Waals surface area contributed by atoms with E-state index in [1.165, 1.54) is 17.0 Å². The van der Waals surface area contributed by atoms with Crippen molar-refractivity contribution >= 4 is 11.3 Å². The summed E-state index contributed by atoms with van der Waals surface area (Å²) in [5, 5.41) is 14.3. The Morgan fingerprint density at radius 1 is 1.42 bits per heavy atom. The van der Waals surface area contributed by atoms with E-state index in [1.54, 1.807) is 17.4 Å². The highest BCUT2D eigenvalue weighted by molar-refractivity contribution is 7.10. The number of nitrogens with zero attached hydrogens (tertiary/aromatic N) is 1. The Kier molecular flexibility index (Phi) is 4.67. The van der Waals surface area contributed by atoms with Gasteiger partial charge in [-0.1, -0.05) is 13.0 Å². The molecule has 2 nitrogen and oxygen atoms in total. The van der Waals surface area contributed by atoms with Gasteiger partial charge in [0.1, 0.15) is 5.82 Å². The van der Waals surface area contributed by atoms with Gasteiger partial charge in [0.25, 0.3) is 0 Å². The molecule has 0 aliphatic rings. The van der Waals surface area contributed by atoms with Crippen molar-refractivity contribution in [2.24, 2.45) is 0 Å². The highest BCUT2D eigenvalue weighted by Gasteiger charge is 2.10. The minimum absolute atomic E-state index is 0.272. The zero-order chi connectivity index (χ0) is 13.7. The molecule has 1 heterocycles. The molecule has 0 amide bonds. The van der Waals surface area contributed by atoms with Crippen molar-refractivity contribution in [1.29, 1.82) is 5.26 Å². The molecular weight excluding hydrogens is 259 g/mol. The fourth-order valence-corrected chi connectivity index (χ4v) is 2.88. The topological polar surface area (TPSA) is 35.8 Å². The van der Waals surface area contributed by atoms with Crippen LogP contribution in [0.1, 0.15) is 35.4 Å². The second-order valence-electron chi connectivity index (χ2n) is 4.32. The molecule has 0 saturated carbocycles. The summed E-state index contributed by atoms with van der Waals surface area (Å²) in [6, 6.07) is 10.8. The predicted molar refractivity (Wildman–Crippen MR) is 75.3 cm³/mol. The number of hydrogen-bond donors (Lipinski definition) is 1. The van der Waals surface area contributed by atoms with Crippen LogP contribution in [0.5, 0.6) is 0 Å². The molecule has 0 bridgehead atoms. The molecule has 0 radical (unpaired) electrons. The lowest BCUT2D eigenvalue weighted by Crippen LogP contribution is -2.19. The molecule has 0 aliphatic heterocycles. The Morgan fingerprint density at radius 3 is 2.89 bits per heavy atom. The lowest BCUT2D eigenvalue weighted by atomic mass is 10.1. The first-order chi connectivity index (χ1) is 9.22. The van der Waals surface area contributed by atoms with Crippen LogP contribution in [0.2, 0.25) is 0 Å². The van der Waals surface area contributed by atoms with Crippen LogP contribution in [0.3, 0.4) is 0 Å². The van der Waals surface area contributed by atoms with Crippen LogP contribution in [0.4, 0.5) is 4.39 Å². The summed E-state index contributed by atoms with van der Waals surface area (Å²) in [6.45, 7) is 2.67. The molecule has 0 spiro atoms. The van der Waals surface area contributed by atoms with Gasteiger partial charge in [0.15, 0.2) is 0 Å². The normalized spacial score (nSPS) is 12.1. The summed E-state index contributed by atoms with van der Waals surface area (Å²) >= 11 is 1.71. The predicted octanol–water partition coefficient (Wildman–Crippen LogP) is 4.00. The fraction of sp³-hybridized carbons (Fsp3) is 0.267. The smallest absolute Gasteiger partial charge is 0.124 e. The van der Waals surface area contributed by atoms with E-state index < -0.39 is 0 Å².